The molecule has 11 heteroatoms. The van der Waals surface area contributed by atoms with E-state index in [1.54, 1.807) is 19.9 Å². The zero-order valence-electron chi connectivity index (χ0n) is 17.6. The summed E-state index contributed by atoms with van der Waals surface area (Å²) in [5.41, 5.74) is 1.91. The van der Waals surface area contributed by atoms with Gasteiger partial charge in [-0.05, 0) is 83.9 Å². The summed E-state index contributed by atoms with van der Waals surface area (Å²) in [4.78, 5) is 12.7. The first kappa shape index (κ1) is 22.1. The van der Waals surface area contributed by atoms with Gasteiger partial charge in [-0.25, -0.2) is 9.07 Å². The Bertz CT molecular complexity index is 1420. The summed E-state index contributed by atoms with van der Waals surface area (Å²) in [6.45, 7) is 3.46. The molecule has 3 aromatic carbocycles. The summed E-state index contributed by atoms with van der Waals surface area (Å²) < 4.78 is 46.0. The number of benzene rings is 3. The van der Waals surface area contributed by atoms with Gasteiger partial charge in [-0.3, -0.25) is 4.79 Å². The van der Waals surface area contributed by atoms with E-state index in [9.17, 15) is 17.6 Å². The van der Waals surface area contributed by atoms with Gasteiger partial charge in [-0.15, -0.1) is 5.10 Å². The minimum atomic E-state index is -4.05. The van der Waals surface area contributed by atoms with Gasteiger partial charge in [-0.1, -0.05) is 12.1 Å². The zero-order chi connectivity index (χ0) is 23.6. The molecule has 9 nitrogen and oxygen atoms in total. The molecule has 1 N–H and O–H groups in total. The van der Waals surface area contributed by atoms with E-state index in [0.29, 0.717) is 11.3 Å². The van der Waals surface area contributed by atoms with Crippen molar-refractivity contribution < 1.29 is 21.8 Å². The lowest BCUT2D eigenvalue weighted by molar-refractivity contribution is 0.102. The molecule has 0 aliphatic heterocycles. The van der Waals surface area contributed by atoms with Crippen LogP contribution in [-0.2, 0) is 10.1 Å². The smallest absolute Gasteiger partial charge is 0.339 e. The first-order valence-corrected chi connectivity index (χ1v) is 11.1. The maximum atomic E-state index is 14.2. The number of carbonyl (C=O) groups excluding carboxylic acids is 1. The first-order chi connectivity index (χ1) is 15.7. The van der Waals surface area contributed by atoms with Crippen LogP contribution in [-0.4, -0.2) is 34.5 Å². The van der Waals surface area contributed by atoms with Gasteiger partial charge in [-0.2, -0.15) is 8.42 Å². The summed E-state index contributed by atoms with van der Waals surface area (Å²) in [7, 11) is -4.05. The molecule has 4 rings (SSSR count). The predicted molar refractivity (Wildman–Crippen MR) is 117 cm³/mol. The fourth-order valence-corrected chi connectivity index (χ4v) is 4.28. The lowest BCUT2D eigenvalue weighted by Gasteiger charge is -2.11. The summed E-state index contributed by atoms with van der Waals surface area (Å²) >= 11 is 0. The number of aryl methyl sites for hydroxylation is 2. The van der Waals surface area contributed by atoms with Crippen molar-refractivity contribution in [1.82, 2.24) is 20.2 Å². The van der Waals surface area contributed by atoms with E-state index in [4.69, 9.17) is 4.18 Å². The fourth-order valence-electron chi connectivity index (χ4n) is 3.04. The number of nitrogens with zero attached hydrogens (tertiary/aromatic N) is 4. The predicted octanol–water partition coefficient (Wildman–Crippen LogP) is 3.44. The Morgan fingerprint density at radius 2 is 1.79 bits per heavy atom. The Labute approximate surface area is 189 Å². The van der Waals surface area contributed by atoms with Gasteiger partial charge in [0.15, 0.2) is 0 Å². The van der Waals surface area contributed by atoms with Crippen LogP contribution in [0, 0.1) is 19.7 Å². The normalized spacial score (nSPS) is 11.2. The van der Waals surface area contributed by atoms with Crippen LogP contribution in [0.2, 0.25) is 0 Å². The topological polar surface area (TPSA) is 116 Å². The van der Waals surface area contributed by atoms with Crippen LogP contribution in [0.15, 0.2) is 71.9 Å². The van der Waals surface area contributed by atoms with Gasteiger partial charge in [0.2, 0.25) is 0 Å². The molecule has 0 spiro atoms. The molecule has 0 saturated carbocycles. The molecule has 0 unspecified atom stereocenters. The van der Waals surface area contributed by atoms with E-state index < -0.39 is 21.8 Å². The number of amides is 1. The largest absolute Gasteiger partial charge is 0.379 e. The highest BCUT2D eigenvalue weighted by Gasteiger charge is 2.20. The Balaban J connectivity index is 1.50. The van der Waals surface area contributed by atoms with Crippen molar-refractivity contribution in [3.05, 3.63) is 89.5 Å². The van der Waals surface area contributed by atoms with Gasteiger partial charge in [0, 0.05) is 5.56 Å². The van der Waals surface area contributed by atoms with Crippen LogP contribution in [0.1, 0.15) is 21.5 Å². The highest BCUT2D eigenvalue weighted by Crippen LogP contribution is 2.24. The second kappa shape index (κ2) is 8.79. The maximum Gasteiger partial charge on any atom is 0.339 e. The third-order valence-corrected chi connectivity index (χ3v) is 6.14. The number of rotatable bonds is 6. The molecule has 1 aromatic heterocycles. The second-order valence-corrected chi connectivity index (χ2v) is 8.72. The monoisotopic (exact) mass is 467 g/mol. The summed E-state index contributed by atoms with van der Waals surface area (Å²) in [5, 5.41) is 13.2. The maximum absolute atomic E-state index is 14.2. The van der Waals surface area contributed by atoms with E-state index in [1.807, 2.05) is 6.07 Å². The van der Waals surface area contributed by atoms with E-state index >= 15 is 0 Å². The number of anilines is 1. The molecule has 0 saturated heterocycles. The Kier molecular flexibility index (Phi) is 5.88. The van der Waals surface area contributed by atoms with E-state index in [0.717, 1.165) is 5.56 Å². The molecular weight excluding hydrogens is 449 g/mol. The SMILES string of the molecule is Cc1ccc(C)c(S(=O)(=O)Oc2ccc(C(=O)Nc3cc(-n4cnnn4)ccc3F)cc2)c1. The molecule has 33 heavy (non-hydrogen) atoms. The van der Waals surface area contributed by atoms with Gasteiger partial charge >= 0.3 is 10.1 Å². The van der Waals surface area contributed by atoms with Crippen LogP contribution < -0.4 is 9.50 Å². The zero-order valence-corrected chi connectivity index (χ0v) is 18.4. The number of nitrogens with one attached hydrogen (secondary N) is 1. The van der Waals surface area contributed by atoms with Crippen LogP contribution in [0.4, 0.5) is 10.1 Å². The minimum Gasteiger partial charge on any atom is -0.379 e. The van der Waals surface area contributed by atoms with Crippen LogP contribution in [0.3, 0.4) is 0 Å². The summed E-state index contributed by atoms with van der Waals surface area (Å²) in [6, 6.07) is 14.5. The number of halogens is 1. The molecule has 0 radical (unpaired) electrons. The Morgan fingerprint density at radius 3 is 2.48 bits per heavy atom. The number of carbonyl (C=O) groups is 1. The van der Waals surface area contributed by atoms with Crippen LogP contribution in [0.25, 0.3) is 5.69 Å². The van der Waals surface area contributed by atoms with Crippen molar-refractivity contribution in [1.29, 1.82) is 0 Å². The summed E-state index contributed by atoms with van der Waals surface area (Å²) in [5.74, 6) is -1.19. The van der Waals surface area contributed by atoms with Crippen molar-refractivity contribution in [2.45, 2.75) is 18.7 Å². The third-order valence-electron chi connectivity index (χ3n) is 4.75. The molecule has 0 aliphatic carbocycles. The first-order valence-electron chi connectivity index (χ1n) is 9.69. The van der Waals surface area contributed by atoms with Crippen molar-refractivity contribution in [2.75, 3.05) is 5.32 Å². The standard InChI is InChI=1S/C22H18FN5O4S/c1-14-3-4-15(2)21(11-14)33(30,31)32-18-8-5-16(6-9-18)22(29)25-20-12-17(7-10-19(20)23)28-13-24-26-27-28/h3-13H,1-2H3,(H,25,29). The molecule has 0 bridgehead atoms. The Hall–Kier alpha value is -4.12. The third kappa shape index (κ3) is 4.88. The van der Waals surface area contributed by atoms with Crippen molar-refractivity contribution in [2.24, 2.45) is 0 Å². The van der Waals surface area contributed by atoms with Crippen molar-refractivity contribution in [3.8, 4) is 11.4 Å². The molecule has 1 amide bonds. The number of hydrogen-bond donors (Lipinski definition) is 1. The van der Waals surface area contributed by atoms with Gasteiger partial charge < -0.3 is 9.50 Å². The van der Waals surface area contributed by atoms with Crippen molar-refractivity contribution in [3.63, 3.8) is 0 Å². The average molecular weight is 467 g/mol. The van der Waals surface area contributed by atoms with E-state index in [-0.39, 0.29) is 21.9 Å². The molecule has 1 heterocycles. The minimum absolute atomic E-state index is 0.0410. The van der Waals surface area contributed by atoms with Crippen LogP contribution in [0.5, 0.6) is 5.75 Å². The van der Waals surface area contributed by atoms with Gasteiger partial charge in [0.05, 0.1) is 11.4 Å². The lowest BCUT2D eigenvalue weighted by atomic mass is 10.2. The van der Waals surface area contributed by atoms with E-state index in [1.165, 1.54) is 59.5 Å². The molecule has 168 valence electrons. The quantitative estimate of drug-likeness (QED) is 0.432. The lowest BCUT2D eigenvalue weighted by Crippen LogP contribution is -2.14. The second-order valence-electron chi connectivity index (χ2n) is 7.20. The molecule has 0 fully saturated rings. The van der Waals surface area contributed by atoms with Gasteiger partial charge in [0.25, 0.3) is 5.91 Å². The van der Waals surface area contributed by atoms with Gasteiger partial charge in [0.1, 0.15) is 22.8 Å². The number of tetrazole rings is 1. The molecule has 4 aromatic rings. The molecular formula is C22H18FN5O4S. The van der Waals surface area contributed by atoms with Crippen molar-refractivity contribution >= 4 is 21.7 Å². The van der Waals surface area contributed by atoms with Crippen LogP contribution >= 0.6 is 0 Å². The molecule has 0 aliphatic rings. The highest BCUT2D eigenvalue weighted by atomic mass is 32.2. The Morgan fingerprint density at radius 1 is 1.03 bits per heavy atom. The molecule has 0 atom stereocenters. The van der Waals surface area contributed by atoms with E-state index in [2.05, 4.69) is 20.8 Å². The number of aromatic nitrogens is 4. The number of hydrogen-bond acceptors (Lipinski definition) is 7. The summed E-state index contributed by atoms with van der Waals surface area (Å²) in [6.07, 6.45) is 1.34. The highest BCUT2D eigenvalue weighted by molar-refractivity contribution is 7.87. The fraction of sp³-hybridized carbons (Fsp3) is 0.0909. The average Bonchev–Trinajstić information content (AvgIpc) is 3.32.